The van der Waals surface area contributed by atoms with Gasteiger partial charge in [0.25, 0.3) is 0 Å². The fraction of sp³-hybridized carbons (Fsp3) is 1.00. The molecule has 0 amide bonds. The number of nitrogens with zero attached hydrogens (tertiary/aromatic N) is 2. The summed E-state index contributed by atoms with van der Waals surface area (Å²) in [6, 6.07) is 1.85. The quantitative estimate of drug-likeness (QED) is 0.650. The van der Waals surface area contributed by atoms with Gasteiger partial charge in [-0.1, -0.05) is 0 Å². The lowest BCUT2D eigenvalue weighted by Crippen LogP contribution is -2.44. The van der Waals surface area contributed by atoms with Gasteiger partial charge in [-0.25, -0.2) is 0 Å². The predicted molar refractivity (Wildman–Crippen MR) is 63.0 cm³/mol. The zero-order valence-corrected chi connectivity index (χ0v) is 9.99. The maximum atomic E-state index is 2.77. The van der Waals surface area contributed by atoms with E-state index in [2.05, 4.69) is 16.8 Å². The molecular weight excluding hydrogens is 184 g/mol. The Morgan fingerprint density at radius 2 is 1.73 bits per heavy atom. The van der Waals surface area contributed by atoms with Crippen LogP contribution in [-0.4, -0.2) is 48.6 Å². The topological polar surface area (TPSA) is 6.48 Å². The van der Waals surface area contributed by atoms with Crippen molar-refractivity contribution in [2.24, 2.45) is 5.92 Å². The van der Waals surface area contributed by atoms with Crippen LogP contribution in [0.15, 0.2) is 0 Å². The van der Waals surface area contributed by atoms with Crippen LogP contribution in [0.1, 0.15) is 38.5 Å². The zero-order chi connectivity index (χ0) is 10.3. The summed E-state index contributed by atoms with van der Waals surface area (Å²) in [5.74, 6) is 1.04. The van der Waals surface area contributed by atoms with Crippen molar-refractivity contribution in [2.45, 2.75) is 50.6 Å². The SMILES string of the molecule is CN1CCC2CCC(N3CCCC3)C[C@@H]21. The van der Waals surface area contributed by atoms with Crippen molar-refractivity contribution in [1.29, 1.82) is 0 Å². The van der Waals surface area contributed by atoms with Gasteiger partial charge in [-0.2, -0.15) is 0 Å². The van der Waals surface area contributed by atoms with Crippen LogP contribution in [0.4, 0.5) is 0 Å². The fourth-order valence-corrected chi connectivity index (χ4v) is 4.04. The van der Waals surface area contributed by atoms with Gasteiger partial charge in [-0.3, -0.25) is 0 Å². The molecule has 0 N–H and O–H groups in total. The third-order valence-electron chi connectivity index (χ3n) is 5.00. The van der Waals surface area contributed by atoms with Gasteiger partial charge < -0.3 is 9.80 Å². The average molecular weight is 208 g/mol. The first kappa shape index (κ1) is 10.1. The van der Waals surface area contributed by atoms with Gasteiger partial charge in [-0.05, 0) is 71.1 Å². The summed E-state index contributed by atoms with van der Waals surface area (Å²) in [6.45, 7) is 4.11. The Hall–Kier alpha value is -0.0800. The van der Waals surface area contributed by atoms with Gasteiger partial charge in [0.1, 0.15) is 0 Å². The van der Waals surface area contributed by atoms with Gasteiger partial charge in [0, 0.05) is 12.1 Å². The van der Waals surface area contributed by atoms with Crippen molar-refractivity contribution >= 4 is 0 Å². The molecule has 0 radical (unpaired) electrons. The first-order chi connectivity index (χ1) is 7.34. The molecule has 3 aliphatic rings. The first-order valence-corrected chi connectivity index (χ1v) is 6.79. The molecule has 3 atom stereocenters. The Labute approximate surface area is 93.6 Å². The highest BCUT2D eigenvalue weighted by atomic mass is 15.2. The number of likely N-dealkylation sites (tertiary alicyclic amines) is 2. The van der Waals surface area contributed by atoms with Crippen molar-refractivity contribution in [2.75, 3.05) is 26.7 Å². The van der Waals surface area contributed by atoms with Gasteiger partial charge in [0.05, 0.1) is 0 Å². The third-order valence-corrected chi connectivity index (χ3v) is 5.00. The molecule has 2 saturated heterocycles. The molecular formula is C13H24N2. The lowest BCUT2D eigenvalue weighted by atomic mass is 9.82. The molecule has 3 fully saturated rings. The van der Waals surface area contributed by atoms with Crippen LogP contribution in [0.3, 0.4) is 0 Å². The normalized spacial score (nSPS) is 43.4. The molecule has 2 unspecified atom stereocenters. The van der Waals surface area contributed by atoms with Crippen molar-refractivity contribution in [1.82, 2.24) is 9.80 Å². The van der Waals surface area contributed by atoms with Crippen molar-refractivity contribution in [3.63, 3.8) is 0 Å². The number of hydrogen-bond donors (Lipinski definition) is 0. The smallest absolute Gasteiger partial charge is 0.0136 e. The summed E-state index contributed by atoms with van der Waals surface area (Å²) >= 11 is 0. The largest absolute Gasteiger partial charge is 0.303 e. The maximum absolute atomic E-state index is 2.77. The molecule has 0 aromatic heterocycles. The molecule has 0 aromatic rings. The van der Waals surface area contributed by atoms with Gasteiger partial charge >= 0.3 is 0 Å². The average Bonchev–Trinajstić information content (AvgIpc) is 2.88. The summed E-state index contributed by atoms with van der Waals surface area (Å²) in [6.07, 6.45) is 8.79. The van der Waals surface area contributed by atoms with Crippen LogP contribution >= 0.6 is 0 Å². The predicted octanol–water partition coefficient (Wildman–Crippen LogP) is 1.96. The lowest BCUT2D eigenvalue weighted by molar-refractivity contribution is 0.115. The van der Waals surface area contributed by atoms with Gasteiger partial charge in [0.2, 0.25) is 0 Å². The van der Waals surface area contributed by atoms with E-state index in [-0.39, 0.29) is 0 Å². The summed E-state index contributed by atoms with van der Waals surface area (Å²) < 4.78 is 0. The Morgan fingerprint density at radius 1 is 0.933 bits per heavy atom. The molecule has 0 spiro atoms. The van der Waals surface area contributed by atoms with Crippen LogP contribution in [0, 0.1) is 5.92 Å². The molecule has 2 nitrogen and oxygen atoms in total. The number of fused-ring (bicyclic) bond motifs is 1. The monoisotopic (exact) mass is 208 g/mol. The van der Waals surface area contributed by atoms with Crippen molar-refractivity contribution in [3.8, 4) is 0 Å². The van der Waals surface area contributed by atoms with E-state index in [4.69, 9.17) is 0 Å². The minimum atomic E-state index is 0.921. The Bertz CT molecular complexity index is 223. The second-order valence-corrected chi connectivity index (χ2v) is 5.81. The Kier molecular flexibility index (Phi) is 2.73. The van der Waals surface area contributed by atoms with E-state index in [1.54, 1.807) is 0 Å². The van der Waals surface area contributed by atoms with E-state index >= 15 is 0 Å². The van der Waals surface area contributed by atoms with Crippen LogP contribution in [-0.2, 0) is 0 Å². The molecule has 1 aliphatic carbocycles. The van der Waals surface area contributed by atoms with Crippen molar-refractivity contribution in [3.05, 3.63) is 0 Å². The highest BCUT2D eigenvalue weighted by molar-refractivity contribution is 4.94. The molecule has 0 aromatic carbocycles. The maximum Gasteiger partial charge on any atom is 0.0136 e. The molecule has 15 heavy (non-hydrogen) atoms. The lowest BCUT2D eigenvalue weighted by Gasteiger charge is -2.39. The van der Waals surface area contributed by atoms with Crippen LogP contribution < -0.4 is 0 Å². The summed E-state index contributed by atoms with van der Waals surface area (Å²) in [7, 11) is 2.33. The summed E-state index contributed by atoms with van der Waals surface area (Å²) in [4.78, 5) is 5.38. The minimum Gasteiger partial charge on any atom is -0.303 e. The van der Waals surface area contributed by atoms with Crippen molar-refractivity contribution < 1.29 is 0 Å². The summed E-state index contributed by atoms with van der Waals surface area (Å²) in [5, 5.41) is 0. The highest BCUT2D eigenvalue weighted by Crippen LogP contribution is 2.37. The van der Waals surface area contributed by atoms with Crippen LogP contribution in [0.25, 0.3) is 0 Å². The van der Waals surface area contributed by atoms with E-state index in [9.17, 15) is 0 Å². The number of rotatable bonds is 1. The molecule has 2 aliphatic heterocycles. The van der Waals surface area contributed by atoms with E-state index in [0.717, 1.165) is 18.0 Å². The molecule has 86 valence electrons. The second kappa shape index (κ2) is 4.06. The molecule has 0 bridgehead atoms. The van der Waals surface area contributed by atoms with Crippen LogP contribution in [0.5, 0.6) is 0 Å². The standard InChI is InChI=1S/C13H24N2/c1-14-9-6-11-4-5-12(10-13(11)14)15-7-2-3-8-15/h11-13H,2-10H2,1H3/t11?,12?,13-/m0/s1. The van der Waals surface area contributed by atoms with Crippen LogP contribution in [0.2, 0.25) is 0 Å². The van der Waals surface area contributed by atoms with E-state index in [1.807, 2.05) is 0 Å². The number of hydrogen-bond acceptors (Lipinski definition) is 2. The summed E-state index contributed by atoms with van der Waals surface area (Å²) in [5.41, 5.74) is 0. The highest BCUT2D eigenvalue weighted by Gasteiger charge is 2.39. The third kappa shape index (κ3) is 1.83. The van der Waals surface area contributed by atoms with E-state index < -0.39 is 0 Å². The zero-order valence-electron chi connectivity index (χ0n) is 9.99. The molecule has 2 heteroatoms. The van der Waals surface area contributed by atoms with Gasteiger partial charge in [-0.15, -0.1) is 0 Å². The molecule has 3 rings (SSSR count). The van der Waals surface area contributed by atoms with E-state index in [1.165, 1.54) is 58.2 Å². The first-order valence-electron chi connectivity index (χ1n) is 6.79. The van der Waals surface area contributed by atoms with E-state index in [0.29, 0.717) is 0 Å². The Balaban J connectivity index is 1.63. The molecule has 1 saturated carbocycles. The minimum absolute atomic E-state index is 0.921. The second-order valence-electron chi connectivity index (χ2n) is 5.81. The Morgan fingerprint density at radius 3 is 2.53 bits per heavy atom. The van der Waals surface area contributed by atoms with Gasteiger partial charge in [0.15, 0.2) is 0 Å². The fourth-order valence-electron chi connectivity index (χ4n) is 4.04. The molecule has 2 heterocycles.